The molecule has 2 aromatic carbocycles. The molecule has 1 aliphatic heterocycles. The number of anilines is 1. The van der Waals surface area contributed by atoms with Gasteiger partial charge in [0.15, 0.2) is 0 Å². The molecule has 12 heteroatoms. The van der Waals surface area contributed by atoms with Crippen LogP contribution in [0.2, 0.25) is 10.0 Å². The van der Waals surface area contributed by atoms with E-state index in [1.54, 1.807) is 18.2 Å². The second-order valence-electron chi connectivity index (χ2n) is 8.34. The minimum Gasteiger partial charge on any atom is -0.494 e. The molecule has 194 valence electrons. The molecule has 0 spiro atoms. The Labute approximate surface area is 219 Å². The van der Waals surface area contributed by atoms with Crippen molar-refractivity contribution >= 4 is 47.6 Å². The van der Waals surface area contributed by atoms with Gasteiger partial charge in [0.05, 0.1) is 27.9 Å². The number of phosphoric acid groups is 1. The van der Waals surface area contributed by atoms with E-state index in [0.29, 0.717) is 27.9 Å². The highest BCUT2D eigenvalue weighted by Gasteiger charge is 2.19. The summed E-state index contributed by atoms with van der Waals surface area (Å²) < 4.78 is 26.1. The fourth-order valence-electron chi connectivity index (χ4n) is 3.98. The number of hydrogen-bond donors (Lipinski definition) is 2. The van der Waals surface area contributed by atoms with E-state index in [1.165, 1.54) is 0 Å². The Hall–Kier alpha value is -2.10. The van der Waals surface area contributed by atoms with Gasteiger partial charge in [-0.2, -0.15) is 0 Å². The number of hydrogen-bond acceptors (Lipinski definition) is 7. The van der Waals surface area contributed by atoms with Crippen LogP contribution in [-0.2, 0) is 9.09 Å². The lowest BCUT2D eigenvalue weighted by atomic mass is 10.2. The first-order chi connectivity index (χ1) is 17.3. The van der Waals surface area contributed by atoms with Crippen molar-refractivity contribution < 1.29 is 28.3 Å². The summed E-state index contributed by atoms with van der Waals surface area (Å²) in [6.45, 7) is 4.79. The monoisotopic (exact) mass is 555 g/mol. The molecule has 0 atom stereocenters. The third-order valence-electron chi connectivity index (χ3n) is 5.85. The Balaban J connectivity index is 1.18. The van der Waals surface area contributed by atoms with E-state index in [2.05, 4.69) is 19.3 Å². The maximum atomic E-state index is 10.7. The van der Waals surface area contributed by atoms with Gasteiger partial charge in [-0.3, -0.25) is 4.90 Å². The van der Waals surface area contributed by atoms with Crippen molar-refractivity contribution in [1.29, 1.82) is 0 Å². The van der Waals surface area contributed by atoms with Crippen LogP contribution in [0.1, 0.15) is 12.8 Å². The van der Waals surface area contributed by atoms with Crippen LogP contribution in [0.25, 0.3) is 10.9 Å². The normalized spacial score (nSPS) is 14.8. The predicted molar refractivity (Wildman–Crippen MR) is 140 cm³/mol. The van der Waals surface area contributed by atoms with Crippen LogP contribution in [0, 0.1) is 0 Å². The number of fused-ring (bicyclic) bond motifs is 1. The number of phosphoric ester groups is 1. The molecule has 0 saturated carbocycles. The third-order valence-corrected chi connectivity index (χ3v) is 7.10. The SMILES string of the molecule is O=P(O)(O)OCOc1ccc2ccc(OCCCCN3CCN(c4cccc(Cl)c4Cl)CC3)cc2n1. The third kappa shape index (κ3) is 7.70. The van der Waals surface area contributed by atoms with Gasteiger partial charge >= 0.3 is 7.82 Å². The molecule has 9 nitrogen and oxygen atoms in total. The number of ether oxygens (including phenoxy) is 2. The van der Waals surface area contributed by atoms with Crippen LogP contribution in [0.15, 0.2) is 48.5 Å². The topological polar surface area (TPSA) is 105 Å². The van der Waals surface area contributed by atoms with Crippen molar-refractivity contribution in [3.8, 4) is 11.6 Å². The van der Waals surface area contributed by atoms with Crippen LogP contribution in [0.5, 0.6) is 11.6 Å². The lowest BCUT2D eigenvalue weighted by molar-refractivity contribution is 0.0798. The predicted octanol–water partition coefficient (Wildman–Crippen LogP) is 4.97. The molecule has 4 rings (SSSR count). The van der Waals surface area contributed by atoms with Crippen LogP contribution in [-0.4, -0.2) is 65.8 Å². The second kappa shape index (κ2) is 12.4. The average Bonchev–Trinajstić information content (AvgIpc) is 2.85. The lowest BCUT2D eigenvalue weighted by Gasteiger charge is -2.36. The zero-order chi connectivity index (χ0) is 25.5. The van der Waals surface area contributed by atoms with Gasteiger partial charge in [0.1, 0.15) is 5.75 Å². The van der Waals surface area contributed by atoms with E-state index >= 15 is 0 Å². The summed E-state index contributed by atoms with van der Waals surface area (Å²) in [5.41, 5.74) is 1.65. The summed E-state index contributed by atoms with van der Waals surface area (Å²) in [4.78, 5) is 26.5. The highest BCUT2D eigenvalue weighted by molar-refractivity contribution is 7.46. The first kappa shape index (κ1) is 26.9. The van der Waals surface area contributed by atoms with Gasteiger partial charge in [-0.15, -0.1) is 0 Å². The smallest absolute Gasteiger partial charge is 0.472 e. The van der Waals surface area contributed by atoms with Crippen LogP contribution < -0.4 is 14.4 Å². The van der Waals surface area contributed by atoms with E-state index in [-0.39, 0.29) is 5.88 Å². The molecule has 2 heterocycles. The van der Waals surface area contributed by atoms with Crippen molar-refractivity contribution in [3.05, 3.63) is 58.6 Å². The molecule has 2 N–H and O–H groups in total. The van der Waals surface area contributed by atoms with Gasteiger partial charge in [0, 0.05) is 43.7 Å². The molecule has 0 bridgehead atoms. The molecule has 0 amide bonds. The van der Waals surface area contributed by atoms with Gasteiger partial charge in [0.25, 0.3) is 0 Å². The lowest BCUT2D eigenvalue weighted by Crippen LogP contribution is -2.46. The number of piperazine rings is 1. The molecular formula is C24H28Cl2N3O6P. The van der Waals surface area contributed by atoms with Gasteiger partial charge in [0.2, 0.25) is 12.7 Å². The quantitative estimate of drug-likeness (QED) is 0.193. The summed E-state index contributed by atoms with van der Waals surface area (Å²) in [6, 6.07) is 14.8. The fraction of sp³-hybridized carbons (Fsp3) is 0.375. The summed E-state index contributed by atoms with van der Waals surface area (Å²) in [5, 5.41) is 2.09. The van der Waals surface area contributed by atoms with E-state index in [4.69, 9.17) is 42.5 Å². The van der Waals surface area contributed by atoms with Gasteiger partial charge in [-0.25, -0.2) is 14.1 Å². The Morgan fingerprint density at radius 1 is 0.972 bits per heavy atom. The van der Waals surface area contributed by atoms with Crippen LogP contribution in [0.4, 0.5) is 5.69 Å². The van der Waals surface area contributed by atoms with Crippen LogP contribution in [0.3, 0.4) is 0 Å². The zero-order valence-corrected chi connectivity index (χ0v) is 22.0. The Bertz CT molecular complexity index is 1220. The molecule has 0 aliphatic carbocycles. The fourth-order valence-corrected chi connectivity index (χ4v) is 4.59. The van der Waals surface area contributed by atoms with Crippen LogP contribution >= 0.6 is 31.0 Å². The second-order valence-corrected chi connectivity index (χ2v) is 10.4. The number of pyridine rings is 1. The molecule has 1 fully saturated rings. The molecule has 1 aliphatic rings. The molecule has 1 aromatic heterocycles. The van der Waals surface area contributed by atoms with Gasteiger partial charge < -0.3 is 24.2 Å². The maximum Gasteiger partial charge on any atom is 0.472 e. The van der Waals surface area contributed by atoms with E-state index in [1.807, 2.05) is 30.3 Å². The highest BCUT2D eigenvalue weighted by atomic mass is 35.5. The number of benzene rings is 2. The van der Waals surface area contributed by atoms with E-state index in [9.17, 15) is 4.57 Å². The molecule has 0 radical (unpaired) electrons. The first-order valence-electron chi connectivity index (χ1n) is 11.6. The van der Waals surface area contributed by atoms with Gasteiger partial charge in [-0.1, -0.05) is 29.3 Å². The first-order valence-corrected chi connectivity index (χ1v) is 13.8. The Morgan fingerprint density at radius 3 is 2.53 bits per heavy atom. The number of halogens is 2. The molecule has 0 unspecified atom stereocenters. The zero-order valence-electron chi connectivity index (χ0n) is 19.6. The van der Waals surface area contributed by atoms with Crippen molar-refractivity contribution in [1.82, 2.24) is 9.88 Å². The summed E-state index contributed by atoms with van der Waals surface area (Å²) >= 11 is 12.5. The molecular weight excluding hydrogens is 528 g/mol. The summed E-state index contributed by atoms with van der Waals surface area (Å²) in [6.07, 6.45) is 1.95. The minimum atomic E-state index is -4.59. The number of nitrogens with zero attached hydrogens (tertiary/aromatic N) is 3. The number of unbranched alkanes of at least 4 members (excludes halogenated alkanes) is 1. The average molecular weight is 556 g/mol. The van der Waals surface area contributed by atoms with Gasteiger partial charge in [-0.05, 0) is 49.7 Å². The Kier molecular flexibility index (Phi) is 9.30. The molecule has 3 aromatic rings. The van der Waals surface area contributed by atoms with Crippen molar-refractivity contribution in [2.75, 3.05) is 51.0 Å². The summed E-state index contributed by atoms with van der Waals surface area (Å²) in [7, 11) is -4.59. The largest absolute Gasteiger partial charge is 0.494 e. The Morgan fingerprint density at radius 2 is 1.75 bits per heavy atom. The standard InChI is InChI=1S/C24H28Cl2N3O6P/c25-20-4-3-5-22(24(20)26)29-13-11-28(12-14-29)10-1-2-15-33-19-8-6-18-7-9-23(27-21(18)16-19)34-17-35-36(30,31)32/h3-9,16H,1-2,10-15,17H2,(H2,30,31,32). The molecule has 1 saturated heterocycles. The molecule has 36 heavy (non-hydrogen) atoms. The minimum absolute atomic E-state index is 0.200. The maximum absolute atomic E-state index is 10.7. The number of aromatic nitrogens is 1. The van der Waals surface area contributed by atoms with Crippen molar-refractivity contribution in [2.45, 2.75) is 12.8 Å². The van der Waals surface area contributed by atoms with E-state index < -0.39 is 14.6 Å². The number of rotatable bonds is 11. The summed E-state index contributed by atoms with van der Waals surface area (Å²) in [5.74, 6) is 0.900. The highest BCUT2D eigenvalue weighted by Crippen LogP contribution is 2.35. The van der Waals surface area contributed by atoms with Crippen molar-refractivity contribution in [2.24, 2.45) is 0 Å². The van der Waals surface area contributed by atoms with E-state index in [0.717, 1.165) is 56.6 Å². The van der Waals surface area contributed by atoms with Crippen molar-refractivity contribution in [3.63, 3.8) is 0 Å².